The number of fused-ring (bicyclic) bond motifs is 3. The van der Waals surface area contributed by atoms with Crippen LogP contribution >= 0.6 is 0 Å². The highest BCUT2D eigenvalue weighted by Crippen LogP contribution is 2.28. The molecule has 0 bridgehead atoms. The van der Waals surface area contributed by atoms with E-state index in [1.165, 1.54) is 21.8 Å². The van der Waals surface area contributed by atoms with E-state index < -0.39 is 11.9 Å². The number of amides is 1. The van der Waals surface area contributed by atoms with Crippen molar-refractivity contribution in [2.24, 2.45) is 0 Å². The van der Waals surface area contributed by atoms with Gasteiger partial charge in [0.05, 0.1) is 6.54 Å². The summed E-state index contributed by atoms with van der Waals surface area (Å²) in [7, 11) is 0. The Morgan fingerprint density at radius 2 is 2.03 bits per heavy atom. The number of aromatic nitrogens is 7. The maximum atomic E-state index is 13.8. The normalized spacial score (nSPS) is 14.9. The van der Waals surface area contributed by atoms with Crippen LogP contribution in [0.4, 0.5) is 4.39 Å². The van der Waals surface area contributed by atoms with E-state index in [9.17, 15) is 9.18 Å². The number of carbonyl (C=O) groups is 1. The second kappa shape index (κ2) is 7.35. The maximum absolute atomic E-state index is 13.8. The largest absolute Gasteiger partial charge is 0.489 e. The van der Waals surface area contributed by atoms with E-state index in [1.54, 1.807) is 24.3 Å². The minimum absolute atomic E-state index is 0.0490. The molecule has 0 unspecified atom stereocenters. The quantitative estimate of drug-likeness (QED) is 0.544. The number of carbonyl (C=O) groups excluding carboxylic acids is 1. The first-order valence-electron chi connectivity index (χ1n) is 9.13. The topological polar surface area (TPSA) is 113 Å². The molecule has 11 heteroatoms. The summed E-state index contributed by atoms with van der Waals surface area (Å²) in [5.41, 5.74) is 1.13. The van der Waals surface area contributed by atoms with Crippen LogP contribution in [0.1, 0.15) is 28.0 Å². The molecule has 1 atom stereocenters. The summed E-state index contributed by atoms with van der Waals surface area (Å²) < 4.78 is 22.6. The van der Waals surface area contributed by atoms with Gasteiger partial charge in [0.1, 0.15) is 36.2 Å². The number of rotatable bonds is 4. The van der Waals surface area contributed by atoms with Crippen molar-refractivity contribution in [3.05, 3.63) is 77.9 Å². The van der Waals surface area contributed by atoms with Gasteiger partial charge in [-0.05, 0) is 28.6 Å². The van der Waals surface area contributed by atoms with Crippen molar-refractivity contribution in [2.75, 3.05) is 6.61 Å². The molecule has 2 aromatic carbocycles. The zero-order valence-electron chi connectivity index (χ0n) is 15.5. The van der Waals surface area contributed by atoms with Crippen molar-refractivity contribution in [1.29, 1.82) is 0 Å². The highest BCUT2D eigenvalue weighted by molar-refractivity contribution is 5.90. The number of halogens is 1. The van der Waals surface area contributed by atoms with Gasteiger partial charge in [-0.2, -0.15) is 4.68 Å². The summed E-state index contributed by atoms with van der Waals surface area (Å²) in [5.74, 6) is 0.124. The molecule has 0 saturated heterocycles. The van der Waals surface area contributed by atoms with Crippen molar-refractivity contribution in [3.8, 4) is 11.4 Å². The van der Waals surface area contributed by atoms with E-state index in [0.717, 1.165) is 0 Å². The molecule has 5 rings (SSSR count). The molecule has 0 saturated carbocycles. The molecule has 10 nitrogen and oxygen atoms in total. The van der Waals surface area contributed by atoms with E-state index in [1.807, 2.05) is 18.2 Å². The zero-order chi connectivity index (χ0) is 20.5. The van der Waals surface area contributed by atoms with Crippen LogP contribution in [0.25, 0.3) is 5.69 Å². The molecule has 2 aromatic heterocycles. The molecule has 4 aromatic rings. The number of benzene rings is 2. The number of ether oxygens (including phenoxy) is 1. The van der Waals surface area contributed by atoms with E-state index in [2.05, 4.69) is 30.9 Å². The Morgan fingerprint density at radius 1 is 1.20 bits per heavy atom. The Morgan fingerprint density at radius 3 is 2.93 bits per heavy atom. The molecule has 1 aliphatic heterocycles. The van der Waals surface area contributed by atoms with Gasteiger partial charge in [0.25, 0.3) is 5.91 Å². The van der Waals surface area contributed by atoms with Crippen LogP contribution in [0.5, 0.6) is 5.75 Å². The average molecular weight is 406 g/mol. The van der Waals surface area contributed by atoms with Crippen LogP contribution in [-0.2, 0) is 6.54 Å². The summed E-state index contributed by atoms with van der Waals surface area (Å²) in [6.45, 7) is 0.298. The summed E-state index contributed by atoms with van der Waals surface area (Å²) in [5, 5.41) is 18.7. The molecule has 0 aliphatic carbocycles. The lowest BCUT2D eigenvalue weighted by atomic mass is 10.2. The van der Waals surface area contributed by atoms with E-state index in [4.69, 9.17) is 4.74 Å². The smallest absolute Gasteiger partial charge is 0.291 e. The third kappa shape index (κ3) is 3.26. The fourth-order valence-electron chi connectivity index (χ4n) is 3.19. The fraction of sp³-hybridized carbons (Fsp3) is 0.158. The third-order valence-corrected chi connectivity index (χ3v) is 4.64. The Hall–Kier alpha value is -4.15. The van der Waals surface area contributed by atoms with Crippen LogP contribution in [-0.4, -0.2) is 47.5 Å². The van der Waals surface area contributed by atoms with Gasteiger partial charge in [-0.25, -0.2) is 14.1 Å². The summed E-state index contributed by atoms with van der Waals surface area (Å²) in [6.07, 6.45) is 1.38. The van der Waals surface area contributed by atoms with Crippen LogP contribution in [0.2, 0.25) is 0 Å². The van der Waals surface area contributed by atoms with Gasteiger partial charge in [-0.3, -0.25) is 4.79 Å². The van der Waals surface area contributed by atoms with Crippen molar-refractivity contribution in [2.45, 2.75) is 12.6 Å². The second-order valence-electron chi connectivity index (χ2n) is 6.61. The Balaban J connectivity index is 1.34. The van der Waals surface area contributed by atoms with Crippen LogP contribution in [0.15, 0.2) is 54.9 Å². The van der Waals surface area contributed by atoms with Crippen LogP contribution < -0.4 is 10.1 Å². The first-order valence-corrected chi connectivity index (χ1v) is 9.13. The molecule has 3 heterocycles. The number of nitrogens with one attached hydrogen (secondary N) is 1. The van der Waals surface area contributed by atoms with E-state index in [-0.39, 0.29) is 24.8 Å². The lowest BCUT2D eigenvalue weighted by Gasteiger charge is -2.13. The zero-order valence-corrected chi connectivity index (χ0v) is 15.5. The van der Waals surface area contributed by atoms with Crippen molar-refractivity contribution < 1.29 is 13.9 Å². The average Bonchev–Trinajstić information content (AvgIpc) is 3.40. The summed E-state index contributed by atoms with van der Waals surface area (Å²) >= 11 is 0. The number of tetrazole rings is 1. The van der Waals surface area contributed by atoms with Crippen LogP contribution in [0, 0.1) is 5.82 Å². The van der Waals surface area contributed by atoms with E-state index >= 15 is 0 Å². The van der Waals surface area contributed by atoms with Gasteiger partial charge < -0.3 is 10.1 Å². The summed E-state index contributed by atoms with van der Waals surface area (Å²) in [4.78, 5) is 16.7. The van der Waals surface area contributed by atoms with Crippen molar-refractivity contribution in [3.63, 3.8) is 0 Å². The molecular formula is C19H15FN8O2. The van der Waals surface area contributed by atoms with Gasteiger partial charge in [-0.15, -0.1) is 10.2 Å². The Labute approximate surface area is 169 Å². The van der Waals surface area contributed by atoms with Crippen molar-refractivity contribution >= 4 is 5.91 Å². The van der Waals surface area contributed by atoms with Crippen LogP contribution in [0.3, 0.4) is 0 Å². The molecule has 1 N–H and O–H groups in total. The molecule has 1 amide bonds. The molecule has 30 heavy (non-hydrogen) atoms. The Kier molecular flexibility index (Phi) is 4.39. The number of hydrogen-bond acceptors (Lipinski definition) is 7. The second-order valence-corrected chi connectivity index (χ2v) is 6.61. The molecular weight excluding hydrogens is 391 g/mol. The molecule has 0 fully saturated rings. The number of hydrogen-bond donors (Lipinski definition) is 1. The minimum atomic E-state index is -0.613. The SMILES string of the molecule is O=C(N[C@H]1COc2ccccc2-n2nnnc21)c1ncn(Cc2ccccc2F)n1. The van der Waals surface area contributed by atoms with Gasteiger partial charge in [0.15, 0.2) is 5.82 Å². The van der Waals surface area contributed by atoms with Crippen molar-refractivity contribution in [1.82, 2.24) is 40.3 Å². The first kappa shape index (κ1) is 17.9. The molecule has 0 radical (unpaired) electrons. The number of para-hydroxylation sites is 2. The lowest BCUT2D eigenvalue weighted by molar-refractivity contribution is 0.0909. The predicted molar refractivity (Wildman–Crippen MR) is 100 cm³/mol. The highest BCUT2D eigenvalue weighted by atomic mass is 19.1. The summed E-state index contributed by atoms with van der Waals surface area (Å²) in [6, 6.07) is 13.1. The molecule has 150 valence electrons. The fourth-order valence-corrected chi connectivity index (χ4v) is 3.19. The Bertz CT molecular complexity index is 1220. The standard InChI is InChI=1S/C19H15FN8O2/c20-13-6-2-1-5-12(13)9-27-11-21-17(24-27)19(29)22-14-10-30-16-8-4-3-7-15(16)28-18(14)23-25-26-28/h1-8,11,14H,9-10H2,(H,22,29)/t14-/m0/s1. The van der Waals surface area contributed by atoms with E-state index in [0.29, 0.717) is 22.8 Å². The highest BCUT2D eigenvalue weighted by Gasteiger charge is 2.29. The monoisotopic (exact) mass is 406 g/mol. The maximum Gasteiger partial charge on any atom is 0.291 e. The minimum Gasteiger partial charge on any atom is -0.489 e. The lowest BCUT2D eigenvalue weighted by Crippen LogP contribution is -2.34. The third-order valence-electron chi connectivity index (χ3n) is 4.64. The van der Waals surface area contributed by atoms with Gasteiger partial charge in [0, 0.05) is 5.56 Å². The predicted octanol–water partition coefficient (Wildman–Crippen LogP) is 1.30. The van der Waals surface area contributed by atoms with Gasteiger partial charge in [0.2, 0.25) is 5.82 Å². The molecule has 0 spiro atoms. The first-order chi connectivity index (χ1) is 14.7. The number of nitrogens with zero attached hydrogens (tertiary/aromatic N) is 7. The van der Waals surface area contributed by atoms with Gasteiger partial charge >= 0.3 is 0 Å². The molecule has 1 aliphatic rings. The van der Waals surface area contributed by atoms with Gasteiger partial charge in [-0.1, -0.05) is 30.3 Å².